The molecule has 3 rings (SSSR count). The van der Waals surface area contributed by atoms with Crippen molar-refractivity contribution in [2.24, 2.45) is 5.92 Å². The summed E-state index contributed by atoms with van der Waals surface area (Å²) in [7, 11) is 0. The van der Waals surface area contributed by atoms with Gasteiger partial charge in [0.1, 0.15) is 11.1 Å². The van der Waals surface area contributed by atoms with E-state index in [1.807, 2.05) is 11.5 Å². The average Bonchev–Trinajstić information content (AvgIpc) is 3.15. The second-order valence-electron chi connectivity index (χ2n) is 8.80. The molecule has 0 aromatic carbocycles. The number of amides is 2. The second kappa shape index (κ2) is 8.93. The number of pyridine rings is 1. The Labute approximate surface area is 167 Å². The van der Waals surface area contributed by atoms with E-state index in [1.54, 1.807) is 17.3 Å². The van der Waals surface area contributed by atoms with Crippen LogP contribution in [0.3, 0.4) is 0 Å². The molecule has 28 heavy (non-hydrogen) atoms. The summed E-state index contributed by atoms with van der Waals surface area (Å²) < 4.78 is 1.83. The number of hydrogen-bond donors (Lipinski definition) is 1. The van der Waals surface area contributed by atoms with E-state index in [0.29, 0.717) is 19.0 Å². The maximum Gasteiger partial charge on any atom is 0.259 e. The molecular weight excluding hydrogens is 354 g/mol. The van der Waals surface area contributed by atoms with E-state index < -0.39 is 5.43 Å². The third-order valence-electron chi connectivity index (χ3n) is 5.88. The van der Waals surface area contributed by atoms with Crippen molar-refractivity contribution in [3.8, 4) is 0 Å². The van der Waals surface area contributed by atoms with Crippen LogP contribution in [0.15, 0.2) is 17.2 Å². The Morgan fingerprint density at radius 3 is 2.36 bits per heavy atom. The lowest BCUT2D eigenvalue weighted by Gasteiger charge is -2.33. The molecule has 0 radical (unpaired) electrons. The number of nitrogens with one attached hydrogen (secondary N) is 1. The van der Waals surface area contributed by atoms with Gasteiger partial charge in [-0.05, 0) is 44.9 Å². The van der Waals surface area contributed by atoms with Crippen molar-refractivity contribution in [1.29, 1.82) is 0 Å². The number of carbonyl (C=O) groups is 2. The smallest absolute Gasteiger partial charge is 0.259 e. The van der Waals surface area contributed by atoms with Crippen LogP contribution in [-0.2, 0) is 6.54 Å². The molecule has 1 aromatic heterocycles. The van der Waals surface area contributed by atoms with Crippen molar-refractivity contribution in [2.45, 2.75) is 84.3 Å². The third kappa shape index (κ3) is 4.65. The molecule has 154 valence electrons. The topological polar surface area (TPSA) is 71.4 Å². The number of carbonyl (C=O) groups excluding carboxylic acids is 2. The third-order valence-corrected chi connectivity index (χ3v) is 5.88. The molecule has 6 heteroatoms. The highest BCUT2D eigenvalue weighted by Crippen LogP contribution is 2.20. The number of rotatable bonds is 5. The number of hydrogen-bond acceptors (Lipinski definition) is 3. The number of nitrogens with zero attached hydrogens (tertiary/aromatic N) is 2. The van der Waals surface area contributed by atoms with Crippen LogP contribution in [0, 0.1) is 5.92 Å². The van der Waals surface area contributed by atoms with Gasteiger partial charge in [-0.3, -0.25) is 14.4 Å². The Morgan fingerprint density at radius 2 is 1.71 bits per heavy atom. The minimum absolute atomic E-state index is 0.0862. The van der Waals surface area contributed by atoms with Crippen molar-refractivity contribution in [2.75, 3.05) is 6.54 Å². The molecule has 1 atom stereocenters. The number of piperidine rings is 1. The Bertz CT molecular complexity index is 778. The van der Waals surface area contributed by atoms with Gasteiger partial charge in [0.25, 0.3) is 11.8 Å². The molecule has 1 N–H and O–H groups in total. The van der Waals surface area contributed by atoms with E-state index in [0.717, 1.165) is 44.9 Å². The van der Waals surface area contributed by atoms with Gasteiger partial charge in [0, 0.05) is 37.6 Å². The molecule has 1 saturated carbocycles. The van der Waals surface area contributed by atoms with E-state index in [1.165, 1.54) is 0 Å². The van der Waals surface area contributed by atoms with Crippen LogP contribution >= 0.6 is 0 Å². The van der Waals surface area contributed by atoms with Crippen molar-refractivity contribution in [3.05, 3.63) is 33.7 Å². The number of likely N-dealkylation sites (tertiary alicyclic amines) is 1. The van der Waals surface area contributed by atoms with Gasteiger partial charge in [-0.2, -0.15) is 0 Å². The summed E-state index contributed by atoms with van der Waals surface area (Å²) >= 11 is 0. The first kappa shape index (κ1) is 20.6. The summed E-state index contributed by atoms with van der Waals surface area (Å²) in [5.74, 6) is -0.258. The fourth-order valence-corrected chi connectivity index (χ4v) is 4.36. The van der Waals surface area contributed by atoms with Gasteiger partial charge in [0.2, 0.25) is 5.43 Å². The highest BCUT2D eigenvalue weighted by Gasteiger charge is 2.28. The fraction of sp³-hybridized carbons (Fsp3) is 0.682. The molecule has 1 saturated heterocycles. The molecule has 0 bridgehead atoms. The first-order valence-corrected chi connectivity index (χ1v) is 10.7. The Balaban J connectivity index is 1.94. The SMILES string of the molecule is CC(C)Cn1cc(C(=O)NC2CCCC2)c(=O)c(C(=O)N2CCCCC2C)c1. The first-order chi connectivity index (χ1) is 13.4. The maximum absolute atomic E-state index is 13.2. The van der Waals surface area contributed by atoms with Crippen LogP contribution in [0.4, 0.5) is 0 Å². The fourth-order valence-electron chi connectivity index (χ4n) is 4.36. The molecule has 2 amide bonds. The Hall–Kier alpha value is -2.11. The molecule has 1 unspecified atom stereocenters. The lowest BCUT2D eigenvalue weighted by atomic mass is 10.0. The molecule has 1 aromatic rings. The van der Waals surface area contributed by atoms with Gasteiger partial charge in [-0.15, -0.1) is 0 Å². The highest BCUT2D eigenvalue weighted by atomic mass is 16.2. The predicted molar refractivity (Wildman–Crippen MR) is 110 cm³/mol. The molecular formula is C22H33N3O3. The van der Waals surface area contributed by atoms with Crippen LogP contribution in [0.1, 0.15) is 86.4 Å². The van der Waals surface area contributed by atoms with Crippen molar-refractivity contribution in [3.63, 3.8) is 0 Å². The van der Waals surface area contributed by atoms with Crippen molar-refractivity contribution < 1.29 is 9.59 Å². The zero-order valence-corrected chi connectivity index (χ0v) is 17.4. The van der Waals surface area contributed by atoms with Crippen LogP contribution in [0.5, 0.6) is 0 Å². The first-order valence-electron chi connectivity index (χ1n) is 10.7. The van der Waals surface area contributed by atoms with Gasteiger partial charge in [0.05, 0.1) is 0 Å². The summed E-state index contributed by atoms with van der Waals surface area (Å²) in [5.41, 5.74) is -0.241. The standard InChI is InChI=1S/C22H33N3O3/c1-15(2)12-24-13-18(21(27)23-17-9-4-5-10-17)20(26)19(14-24)22(28)25-11-7-6-8-16(25)3/h13-17H,4-12H2,1-3H3,(H,23,27). The van der Waals surface area contributed by atoms with Gasteiger partial charge in [0.15, 0.2) is 0 Å². The predicted octanol–water partition coefficient (Wildman–Crippen LogP) is 3.19. The van der Waals surface area contributed by atoms with Gasteiger partial charge in [-0.1, -0.05) is 26.7 Å². The van der Waals surface area contributed by atoms with E-state index in [-0.39, 0.29) is 35.0 Å². The van der Waals surface area contributed by atoms with Crippen molar-refractivity contribution >= 4 is 11.8 Å². The Morgan fingerprint density at radius 1 is 1.07 bits per heavy atom. The zero-order valence-electron chi connectivity index (χ0n) is 17.4. The van der Waals surface area contributed by atoms with Crippen LogP contribution in [0.25, 0.3) is 0 Å². The van der Waals surface area contributed by atoms with Gasteiger partial charge < -0.3 is 14.8 Å². The molecule has 0 spiro atoms. The average molecular weight is 388 g/mol. The van der Waals surface area contributed by atoms with Crippen molar-refractivity contribution in [1.82, 2.24) is 14.8 Å². The Kier molecular flexibility index (Phi) is 6.57. The van der Waals surface area contributed by atoms with Crippen LogP contribution < -0.4 is 10.7 Å². The maximum atomic E-state index is 13.2. The molecule has 1 aliphatic heterocycles. The van der Waals surface area contributed by atoms with E-state index in [2.05, 4.69) is 19.2 Å². The van der Waals surface area contributed by atoms with E-state index >= 15 is 0 Å². The quantitative estimate of drug-likeness (QED) is 0.843. The lowest BCUT2D eigenvalue weighted by Crippen LogP contribution is -2.45. The summed E-state index contributed by atoms with van der Waals surface area (Å²) in [6.45, 7) is 7.50. The minimum Gasteiger partial charge on any atom is -0.352 e. The van der Waals surface area contributed by atoms with E-state index in [9.17, 15) is 14.4 Å². The molecule has 2 heterocycles. The largest absolute Gasteiger partial charge is 0.352 e. The van der Waals surface area contributed by atoms with Gasteiger partial charge in [-0.25, -0.2) is 0 Å². The normalized spacial score (nSPS) is 20.6. The summed E-state index contributed by atoms with van der Waals surface area (Å²) in [4.78, 5) is 40.9. The van der Waals surface area contributed by atoms with E-state index in [4.69, 9.17) is 0 Å². The minimum atomic E-state index is -0.446. The summed E-state index contributed by atoms with van der Waals surface area (Å²) in [6, 6.07) is 0.252. The molecule has 2 aliphatic rings. The molecule has 2 fully saturated rings. The molecule has 6 nitrogen and oxygen atoms in total. The number of aromatic nitrogens is 1. The summed E-state index contributed by atoms with van der Waals surface area (Å²) in [6.07, 6.45) is 10.4. The highest BCUT2D eigenvalue weighted by molar-refractivity contribution is 5.99. The summed E-state index contributed by atoms with van der Waals surface area (Å²) in [5, 5.41) is 2.99. The van der Waals surface area contributed by atoms with Gasteiger partial charge >= 0.3 is 0 Å². The van der Waals surface area contributed by atoms with Crippen LogP contribution in [-0.4, -0.2) is 39.9 Å². The molecule has 1 aliphatic carbocycles. The lowest BCUT2D eigenvalue weighted by molar-refractivity contribution is 0.0633. The second-order valence-corrected chi connectivity index (χ2v) is 8.80. The zero-order chi connectivity index (χ0) is 20.3. The monoisotopic (exact) mass is 387 g/mol. The van der Waals surface area contributed by atoms with Crippen LogP contribution in [0.2, 0.25) is 0 Å².